The molecule has 1 saturated carbocycles. The number of hydrogen-bond donors (Lipinski definition) is 1. The average Bonchev–Trinajstić information content (AvgIpc) is 2.93. The predicted octanol–water partition coefficient (Wildman–Crippen LogP) is 1.06. The number of nitrogens with one attached hydrogen (secondary N) is 1. The molecular weight excluding hydrogens is 210 g/mol. The van der Waals surface area contributed by atoms with E-state index in [9.17, 15) is 8.42 Å². The van der Waals surface area contributed by atoms with Crippen molar-refractivity contribution in [1.82, 2.24) is 5.32 Å². The summed E-state index contributed by atoms with van der Waals surface area (Å²) in [4.78, 5) is 0. The van der Waals surface area contributed by atoms with Gasteiger partial charge in [-0.2, -0.15) is 0 Å². The molecule has 4 heteroatoms. The molecule has 0 aromatic rings. The zero-order chi connectivity index (χ0) is 10.9. The van der Waals surface area contributed by atoms with Crippen LogP contribution in [0.25, 0.3) is 0 Å². The molecule has 0 radical (unpaired) electrons. The normalized spacial score (nSPS) is 31.7. The van der Waals surface area contributed by atoms with Crippen LogP contribution in [0.4, 0.5) is 0 Å². The molecule has 2 atom stereocenters. The van der Waals surface area contributed by atoms with Crippen molar-refractivity contribution in [2.75, 3.05) is 24.6 Å². The Morgan fingerprint density at radius 2 is 2.00 bits per heavy atom. The summed E-state index contributed by atoms with van der Waals surface area (Å²) < 4.78 is 22.9. The highest BCUT2D eigenvalue weighted by molar-refractivity contribution is 7.91. The molecule has 15 heavy (non-hydrogen) atoms. The van der Waals surface area contributed by atoms with E-state index < -0.39 is 9.84 Å². The Labute approximate surface area is 92.6 Å². The van der Waals surface area contributed by atoms with Crippen LogP contribution in [0.2, 0.25) is 0 Å². The highest BCUT2D eigenvalue weighted by Crippen LogP contribution is 2.43. The first kappa shape index (κ1) is 11.4. The zero-order valence-electron chi connectivity index (χ0n) is 9.41. The Morgan fingerprint density at radius 1 is 1.27 bits per heavy atom. The van der Waals surface area contributed by atoms with E-state index in [0.717, 1.165) is 25.4 Å². The van der Waals surface area contributed by atoms with Crippen molar-refractivity contribution in [3.8, 4) is 0 Å². The van der Waals surface area contributed by atoms with Gasteiger partial charge in [-0.15, -0.1) is 0 Å². The number of sulfone groups is 1. The molecular formula is C11H21NO2S. The predicted molar refractivity (Wildman–Crippen MR) is 61.5 cm³/mol. The van der Waals surface area contributed by atoms with Crippen molar-refractivity contribution in [1.29, 1.82) is 0 Å². The largest absolute Gasteiger partial charge is 0.317 e. The summed E-state index contributed by atoms with van der Waals surface area (Å²) in [5.41, 5.74) is 0. The van der Waals surface area contributed by atoms with Crippen LogP contribution >= 0.6 is 0 Å². The lowest BCUT2D eigenvalue weighted by molar-refractivity contribution is 0.310. The Bertz CT molecular complexity index is 309. The Morgan fingerprint density at radius 3 is 2.47 bits per heavy atom. The molecule has 2 unspecified atom stereocenters. The molecule has 2 aliphatic rings. The van der Waals surface area contributed by atoms with Crippen molar-refractivity contribution in [3.05, 3.63) is 0 Å². The second-order valence-corrected chi connectivity index (χ2v) is 7.20. The van der Waals surface area contributed by atoms with Crippen LogP contribution < -0.4 is 5.32 Å². The third kappa shape index (κ3) is 2.94. The fraction of sp³-hybridized carbons (Fsp3) is 1.00. The summed E-state index contributed by atoms with van der Waals surface area (Å²) in [7, 11) is -2.70. The SMILES string of the molecule is CCNCC(C1CC1)C1CCS(=O)(=O)C1. The van der Waals surface area contributed by atoms with Crippen molar-refractivity contribution in [3.63, 3.8) is 0 Å². The Kier molecular flexibility index (Phi) is 3.36. The molecule has 2 rings (SSSR count). The fourth-order valence-corrected chi connectivity index (χ4v) is 4.61. The van der Waals surface area contributed by atoms with Crippen LogP contribution in [0.15, 0.2) is 0 Å². The van der Waals surface area contributed by atoms with Gasteiger partial charge < -0.3 is 5.32 Å². The summed E-state index contributed by atoms with van der Waals surface area (Å²) in [6, 6.07) is 0. The molecule has 0 bridgehead atoms. The van der Waals surface area contributed by atoms with Crippen LogP contribution in [0.5, 0.6) is 0 Å². The van der Waals surface area contributed by atoms with Gasteiger partial charge in [0.05, 0.1) is 11.5 Å². The van der Waals surface area contributed by atoms with Gasteiger partial charge in [-0.3, -0.25) is 0 Å². The van der Waals surface area contributed by atoms with Crippen LogP contribution in [-0.2, 0) is 9.84 Å². The summed E-state index contributed by atoms with van der Waals surface area (Å²) in [5.74, 6) is 2.72. The van der Waals surface area contributed by atoms with Gasteiger partial charge in [-0.25, -0.2) is 8.42 Å². The molecule has 0 aromatic carbocycles. The molecule has 1 aliphatic heterocycles. The van der Waals surface area contributed by atoms with E-state index in [2.05, 4.69) is 12.2 Å². The van der Waals surface area contributed by atoms with E-state index in [1.54, 1.807) is 0 Å². The van der Waals surface area contributed by atoms with E-state index in [4.69, 9.17) is 0 Å². The topological polar surface area (TPSA) is 46.2 Å². The van der Waals surface area contributed by atoms with E-state index >= 15 is 0 Å². The molecule has 0 aromatic heterocycles. The van der Waals surface area contributed by atoms with Gasteiger partial charge in [0, 0.05) is 0 Å². The number of rotatable bonds is 5. The monoisotopic (exact) mass is 231 g/mol. The highest BCUT2D eigenvalue weighted by Gasteiger charge is 2.40. The fourth-order valence-electron chi connectivity index (χ4n) is 2.72. The molecule has 88 valence electrons. The molecule has 1 heterocycles. The van der Waals surface area contributed by atoms with Crippen LogP contribution in [0.1, 0.15) is 26.2 Å². The molecule has 0 amide bonds. The van der Waals surface area contributed by atoms with Gasteiger partial charge in [0.2, 0.25) is 0 Å². The van der Waals surface area contributed by atoms with Crippen molar-refractivity contribution >= 4 is 9.84 Å². The minimum atomic E-state index is -2.70. The Balaban J connectivity index is 1.93. The van der Waals surface area contributed by atoms with Gasteiger partial charge in [-0.1, -0.05) is 6.92 Å². The zero-order valence-corrected chi connectivity index (χ0v) is 10.2. The molecule has 1 saturated heterocycles. The first-order chi connectivity index (χ1) is 7.12. The third-order valence-corrected chi connectivity index (χ3v) is 5.52. The third-order valence-electron chi connectivity index (χ3n) is 3.73. The average molecular weight is 231 g/mol. The van der Waals surface area contributed by atoms with Crippen molar-refractivity contribution in [2.45, 2.75) is 26.2 Å². The quantitative estimate of drug-likeness (QED) is 0.769. The van der Waals surface area contributed by atoms with E-state index in [-0.39, 0.29) is 0 Å². The molecule has 0 spiro atoms. The van der Waals surface area contributed by atoms with E-state index in [1.807, 2.05) is 0 Å². The van der Waals surface area contributed by atoms with Crippen LogP contribution in [-0.4, -0.2) is 33.0 Å². The highest BCUT2D eigenvalue weighted by atomic mass is 32.2. The van der Waals surface area contributed by atoms with E-state index in [0.29, 0.717) is 23.3 Å². The standard InChI is InChI=1S/C11H21NO2S/c1-2-12-7-11(9-3-4-9)10-5-6-15(13,14)8-10/h9-12H,2-8H2,1H3. The molecule has 1 N–H and O–H groups in total. The lowest BCUT2D eigenvalue weighted by atomic mass is 9.87. The van der Waals surface area contributed by atoms with Crippen molar-refractivity contribution in [2.24, 2.45) is 17.8 Å². The maximum atomic E-state index is 11.4. The van der Waals surface area contributed by atoms with Crippen molar-refractivity contribution < 1.29 is 8.42 Å². The van der Waals surface area contributed by atoms with E-state index in [1.165, 1.54) is 12.8 Å². The van der Waals surface area contributed by atoms with Gasteiger partial charge in [0.25, 0.3) is 0 Å². The summed E-state index contributed by atoms with van der Waals surface area (Å²) in [6.45, 7) is 4.11. The minimum Gasteiger partial charge on any atom is -0.317 e. The summed E-state index contributed by atoms with van der Waals surface area (Å²) in [6.07, 6.45) is 3.52. The molecule has 2 fully saturated rings. The first-order valence-electron chi connectivity index (χ1n) is 6.03. The second-order valence-electron chi connectivity index (χ2n) is 4.97. The lowest BCUT2D eigenvalue weighted by Crippen LogP contribution is -2.30. The second kappa shape index (κ2) is 4.42. The Hall–Kier alpha value is -0.0900. The van der Waals surface area contributed by atoms with Gasteiger partial charge in [-0.05, 0) is 50.1 Å². The lowest BCUT2D eigenvalue weighted by Gasteiger charge is -2.22. The van der Waals surface area contributed by atoms with Crippen LogP contribution in [0.3, 0.4) is 0 Å². The molecule has 1 aliphatic carbocycles. The smallest absolute Gasteiger partial charge is 0.150 e. The first-order valence-corrected chi connectivity index (χ1v) is 7.85. The number of hydrogen-bond acceptors (Lipinski definition) is 3. The molecule has 3 nitrogen and oxygen atoms in total. The minimum absolute atomic E-state index is 0.424. The van der Waals surface area contributed by atoms with Crippen LogP contribution in [0, 0.1) is 17.8 Å². The van der Waals surface area contributed by atoms with Gasteiger partial charge >= 0.3 is 0 Å². The maximum Gasteiger partial charge on any atom is 0.150 e. The summed E-state index contributed by atoms with van der Waals surface area (Å²) >= 11 is 0. The maximum absolute atomic E-state index is 11.4. The van der Waals surface area contributed by atoms with Gasteiger partial charge in [0.15, 0.2) is 9.84 Å². The van der Waals surface area contributed by atoms with Gasteiger partial charge in [0.1, 0.15) is 0 Å². The summed E-state index contributed by atoms with van der Waals surface area (Å²) in [5, 5.41) is 3.38.